The molecule has 3 nitrogen and oxygen atoms in total. The zero-order chi connectivity index (χ0) is 15.2. The summed E-state index contributed by atoms with van der Waals surface area (Å²) in [5, 5.41) is 0.453. The van der Waals surface area contributed by atoms with Crippen molar-refractivity contribution in [3.8, 4) is 16.9 Å². The Morgan fingerprint density at radius 2 is 1.74 bits per heavy atom. The van der Waals surface area contributed by atoms with Gasteiger partial charge in [0.25, 0.3) is 0 Å². The second-order valence-corrected chi connectivity index (χ2v) is 7.92. The van der Waals surface area contributed by atoms with Crippen LogP contribution in [-0.2, 0) is 4.57 Å². The molecular weight excluding hydrogens is 318 g/mol. The van der Waals surface area contributed by atoms with Crippen molar-refractivity contribution in [1.82, 2.24) is 0 Å². The topological polar surface area (TPSA) is 46.5 Å². The van der Waals surface area contributed by atoms with E-state index in [1.165, 1.54) is 37.7 Å². The van der Waals surface area contributed by atoms with Crippen molar-refractivity contribution in [2.45, 2.75) is 38.0 Å². The van der Waals surface area contributed by atoms with Gasteiger partial charge in [0.05, 0.1) is 5.30 Å². The number of rotatable bonds is 1. The van der Waals surface area contributed by atoms with Crippen LogP contribution in [0.2, 0.25) is 0 Å². The minimum Gasteiger partial charge on any atom is -0.421 e. The summed E-state index contributed by atoms with van der Waals surface area (Å²) in [5.41, 5.74) is 2.90. The fourth-order valence-corrected chi connectivity index (χ4v) is 4.99. The van der Waals surface area contributed by atoms with E-state index in [0.29, 0.717) is 17.0 Å². The van der Waals surface area contributed by atoms with Crippen LogP contribution >= 0.6 is 7.60 Å². The minimum absolute atomic E-state index is 0. The molecule has 1 aliphatic carbocycles. The molecule has 0 amide bonds. The van der Waals surface area contributed by atoms with E-state index in [2.05, 4.69) is 6.07 Å². The van der Waals surface area contributed by atoms with Crippen LogP contribution in [0.1, 0.15) is 43.6 Å². The molecule has 1 aliphatic heterocycles. The standard InChI is InChI=1S/C18H19O3P.Na/c19-22(20)18-12-14(13-6-2-1-3-7-13)10-11-16(18)15-8-4-5-9-17(15)21-22;/h4-5,8-13H,1-3,6-7H2,(H,19,20);. The number of para-hydroxylation sites is 1. The molecule has 1 radical (unpaired) electrons. The fraction of sp³-hybridized carbons (Fsp3) is 0.333. The molecule has 0 saturated heterocycles. The van der Waals surface area contributed by atoms with Gasteiger partial charge in [0.2, 0.25) is 0 Å². The van der Waals surface area contributed by atoms with Gasteiger partial charge in [-0.15, -0.1) is 0 Å². The van der Waals surface area contributed by atoms with Gasteiger partial charge in [-0.2, -0.15) is 0 Å². The van der Waals surface area contributed by atoms with E-state index in [0.717, 1.165) is 11.1 Å². The maximum absolute atomic E-state index is 12.6. The van der Waals surface area contributed by atoms with Crippen molar-refractivity contribution < 1.29 is 14.0 Å². The van der Waals surface area contributed by atoms with Crippen molar-refractivity contribution >= 4 is 42.5 Å². The fourth-order valence-electron chi connectivity index (χ4n) is 3.65. The summed E-state index contributed by atoms with van der Waals surface area (Å²) >= 11 is 0. The molecule has 2 aromatic carbocycles. The Labute approximate surface area is 158 Å². The van der Waals surface area contributed by atoms with Gasteiger partial charge in [0.15, 0.2) is 0 Å². The van der Waals surface area contributed by atoms with Crippen molar-refractivity contribution in [2.24, 2.45) is 0 Å². The minimum atomic E-state index is -3.79. The monoisotopic (exact) mass is 337 g/mol. The predicted octanol–water partition coefficient (Wildman–Crippen LogP) is 4.22. The van der Waals surface area contributed by atoms with Crippen molar-refractivity contribution in [3.63, 3.8) is 0 Å². The zero-order valence-corrected chi connectivity index (χ0v) is 16.3. The average molecular weight is 337 g/mol. The summed E-state index contributed by atoms with van der Waals surface area (Å²) in [5.74, 6) is 1.00. The molecule has 2 aromatic rings. The van der Waals surface area contributed by atoms with Gasteiger partial charge in [-0.25, -0.2) is 4.57 Å². The van der Waals surface area contributed by atoms with Gasteiger partial charge in [-0.3, -0.25) is 0 Å². The van der Waals surface area contributed by atoms with E-state index in [1.807, 2.05) is 30.3 Å². The molecule has 1 atom stereocenters. The molecule has 1 fully saturated rings. The van der Waals surface area contributed by atoms with Gasteiger partial charge in [0.1, 0.15) is 5.75 Å². The van der Waals surface area contributed by atoms with E-state index in [1.54, 1.807) is 6.07 Å². The van der Waals surface area contributed by atoms with Crippen LogP contribution in [0.5, 0.6) is 5.75 Å². The third-order valence-electron chi connectivity index (χ3n) is 4.80. The summed E-state index contributed by atoms with van der Waals surface area (Å²) in [7, 11) is -3.79. The molecule has 0 aromatic heterocycles. The molecular formula is C18H19NaO3P. The molecule has 1 N–H and O–H groups in total. The van der Waals surface area contributed by atoms with Crippen molar-refractivity contribution in [3.05, 3.63) is 48.0 Å². The van der Waals surface area contributed by atoms with Gasteiger partial charge < -0.3 is 9.42 Å². The van der Waals surface area contributed by atoms with Crippen LogP contribution in [0.15, 0.2) is 42.5 Å². The molecule has 115 valence electrons. The number of fused-ring (bicyclic) bond motifs is 3. The Morgan fingerprint density at radius 1 is 1.00 bits per heavy atom. The Bertz CT molecular complexity index is 769. The first-order valence-corrected chi connectivity index (χ1v) is 9.49. The van der Waals surface area contributed by atoms with E-state index in [-0.39, 0.29) is 29.6 Å². The molecule has 1 unspecified atom stereocenters. The molecule has 2 aliphatic rings. The maximum Gasteiger partial charge on any atom is 0.408 e. The van der Waals surface area contributed by atoms with Gasteiger partial charge in [-0.1, -0.05) is 49.6 Å². The quantitative estimate of drug-likeness (QED) is 0.626. The van der Waals surface area contributed by atoms with Gasteiger partial charge in [0, 0.05) is 40.7 Å². The molecule has 1 heterocycles. The average Bonchev–Trinajstić information content (AvgIpc) is 2.55. The summed E-state index contributed by atoms with van der Waals surface area (Å²) < 4.78 is 18.0. The smallest absolute Gasteiger partial charge is 0.408 e. The summed E-state index contributed by atoms with van der Waals surface area (Å²) in [6.45, 7) is 0. The van der Waals surface area contributed by atoms with E-state index >= 15 is 0 Å². The Morgan fingerprint density at radius 3 is 2.52 bits per heavy atom. The van der Waals surface area contributed by atoms with E-state index in [4.69, 9.17) is 4.52 Å². The third kappa shape index (κ3) is 3.18. The van der Waals surface area contributed by atoms with Gasteiger partial charge >= 0.3 is 7.60 Å². The van der Waals surface area contributed by atoms with Crippen LogP contribution in [0, 0.1) is 0 Å². The van der Waals surface area contributed by atoms with Crippen LogP contribution in [0.4, 0.5) is 0 Å². The van der Waals surface area contributed by atoms with Crippen molar-refractivity contribution in [2.75, 3.05) is 0 Å². The first kappa shape index (κ1) is 17.3. The molecule has 5 heteroatoms. The van der Waals surface area contributed by atoms with Crippen LogP contribution in [0.3, 0.4) is 0 Å². The van der Waals surface area contributed by atoms with E-state index < -0.39 is 7.60 Å². The number of hydrogen-bond acceptors (Lipinski definition) is 2. The van der Waals surface area contributed by atoms with Crippen LogP contribution in [0.25, 0.3) is 11.1 Å². The van der Waals surface area contributed by atoms with Gasteiger partial charge in [-0.05, 0) is 36.5 Å². The molecule has 0 bridgehead atoms. The van der Waals surface area contributed by atoms with Crippen LogP contribution < -0.4 is 9.83 Å². The maximum atomic E-state index is 12.6. The second kappa shape index (κ2) is 6.74. The largest absolute Gasteiger partial charge is 0.421 e. The first-order chi connectivity index (χ1) is 10.6. The van der Waals surface area contributed by atoms with E-state index in [9.17, 15) is 9.46 Å². The normalized spacial score (nSPS) is 23.2. The predicted molar refractivity (Wildman–Crippen MR) is 93.5 cm³/mol. The Kier molecular flexibility index (Phi) is 5.06. The molecule has 23 heavy (non-hydrogen) atoms. The molecule has 0 spiro atoms. The summed E-state index contributed by atoms with van der Waals surface area (Å²) in [6, 6.07) is 13.4. The third-order valence-corrected chi connectivity index (χ3v) is 6.23. The zero-order valence-electron chi connectivity index (χ0n) is 13.4. The summed E-state index contributed by atoms with van der Waals surface area (Å²) in [4.78, 5) is 10.3. The van der Waals surface area contributed by atoms with Crippen molar-refractivity contribution in [1.29, 1.82) is 0 Å². The number of hydrogen-bond donors (Lipinski definition) is 1. The van der Waals surface area contributed by atoms with Crippen LogP contribution in [-0.4, -0.2) is 34.5 Å². The molecule has 1 saturated carbocycles. The first-order valence-electron chi connectivity index (χ1n) is 7.91. The molecule has 4 rings (SSSR count). The SMILES string of the molecule is O=P1(O)Oc2ccccc2-c2ccc(C3CCCCC3)cc21.[Na]. The summed E-state index contributed by atoms with van der Waals surface area (Å²) in [6.07, 6.45) is 6.14. The Hall–Kier alpha value is -0.570. The Balaban J connectivity index is 0.00000156. The second-order valence-electron chi connectivity index (χ2n) is 6.22. The number of benzene rings is 2.